The fourth-order valence-electron chi connectivity index (χ4n) is 1.00. The first-order valence-electron chi connectivity index (χ1n) is 4.63. The maximum absolute atomic E-state index is 9.15. The number of phenols is 1. The molecule has 1 aromatic carbocycles. The Bertz CT molecular complexity index is 244. The third-order valence-electron chi connectivity index (χ3n) is 1.66. The van der Waals surface area contributed by atoms with E-state index < -0.39 is 0 Å². The van der Waals surface area contributed by atoms with E-state index in [1.54, 1.807) is 6.07 Å². The Morgan fingerprint density at radius 2 is 1.85 bits per heavy atom. The molecule has 0 aliphatic carbocycles. The van der Waals surface area contributed by atoms with Gasteiger partial charge in [0, 0.05) is 6.61 Å². The molecule has 0 aliphatic heterocycles. The quantitative estimate of drug-likeness (QED) is 0.736. The monoisotopic (exact) mass is 182 g/mol. The molecule has 0 fully saturated rings. The molecule has 0 atom stereocenters. The molecule has 0 amide bonds. The third-order valence-corrected chi connectivity index (χ3v) is 1.66. The highest BCUT2D eigenvalue weighted by Crippen LogP contribution is 2.16. The van der Waals surface area contributed by atoms with Crippen LogP contribution in [0, 0.1) is 6.92 Å². The van der Waals surface area contributed by atoms with Gasteiger partial charge < -0.3 is 10.2 Å². The van der Waals surface area contributed by atoms with E-state index >= 15 is 0 Å². The average Bonchev–Trinajstić information content (AvgIpc) is 2.15. The van der Waals surface area contributed by atoms with E-state index in [1.807, 2.05) is 32.9 Å². The second-order valence-electron chi connectivity index (χ2n) is 2.59. The number of hydrogen-bond acceptors (Lipinski definition) is 2. The van der Waals surface area contributed by atoms with Gasteiger partial charge in [0.25, 0.3) is 0 Å². The molecule has 2 nitrogen and oxygen atoms in total. The van der Waals surface area contributed by atoms with Crippen LogP contribution < -0.4 is 0 Å². The summed E-state index contributed by atoms with van der Waals surface area (Å²) in [6.07, 6.45) is 0.654. The Hall–Kier alpha value is -1.02. The highest BCUT2D eigenvalue weighted by atomic mass is 16.3. The van der Waals surface area contributed by atoms with Crippen molar-refractivity contribution in [3.8, 4) is 5.75 Å². The summed E-state index contributed by atoms with van der Waals surface area (Å²) in [6.45, 7) is 6.00. The first kappa shape index (κ1) is 12.0. The van der Waals surface area contributed by atoms with E-state index in [1.165, 1.54) is 0 Å². The van der Waals surface area contributed by atoms with E-state index in [0.717, 1.165) is 11.1 Å². The van der Waals surface area contributed by atoms with Crippen molar-refractivity contribution in [1.29, 1.82) is 0 Å². The molecule has 74 valence electrons. The normalized spacial score (nSPS) is 8.92. The lowest BCUT2D eigenvalue weighted by Gasteiger charge is -2.01. The van der Waals surface area contributed by atoms with Crippen LogP contribution in [0.1, 0.15) is 25.0 Å². The molecule has 0 heterocycles. The predicted octanol–water partition coefficient (Wildman–Crippen LogP) is 2.26. The molecule has 0 aliphatic rings. The summed E-state index contributed by atoms with van der Waals surface area (Å²) in [4.78, 5) is 0. The molecule has 13 heavy (non-hydrogen) atoms. The average molecular weight is 182 g/mol. The van der Waals surface area contributed by atoms with Gasteiger partial charge in [-0.05, 0) is 30.5 Å². The minimum absolute atomic E-state index is 0.157. The van der Waals surface area contributed by atoms with E-state index in [-0.39, 0.29) is 6.61 Å². The number of hydrogen-bond donors (Lipinski definition) is 2. The van der Waals surface area contributed by atoms with E-state index in [2.05, 4.69) is 0 Å². The van der Waals surface area contributed by atoms with Crippen molar-refractivity contribution in [3.63, 3.8) is 0 Å². The van der Waals surface area contributed by atoms with Crippen molar-refractivity contribution in [3.05, 3.63) is 29.3 Å². The molecule has 0 spiro atoms. The number of rotatable bonds is 2. The lowest BCUT2D eigenvalue weighted by atomic mass is 10.1. The van der Waals surface area contributed by atoms with Crippen LogP contribution in [0.15, 0.2) is 18.2 Å². The highest BCUT2D eigenvalue weighted by Gasteiger charge is 1.96. The zero-order chi connectivity index (χ0) is 10.3. The maximum Gasteiger partial charge on any atom is 0.118 e. The van der Waals surface area contributed by atoms with Gasteiger partial charge in [0.05, 0.1) is 0 Å². The van der Waals surface area contributed by atoms with Crippen LogP contribution in [-0.2, 0) is 6.42 Å². The van der Waals surface area contributed by atoms with Crippen molar-refractivity contribution < 1.29 is 10.2 Å². The minimum Gasteiger partial charge on any atom is -0.508 e. The molecule has 0 unspecified atom stereocenters. The topological polar surface area (TPSA) is 40.5 Å². The van der Waals surface area contributed by atoms with Gasteiger partial charge >= 0.3 is 0 Å². The number of aryl methyl sites for hydroxylation is 1. The van der Waals surface area contributed by atoms with Gasteiger partial charge in [-0.25, -0.2) is 0 Å². The minimum atomic E-state index is 0.157. The number of benzene rings is 1. The summed E-state index contributed by atoms with van der Waals surface area (Å²) in [5, 5.41) is 17.8. The Labute approximate surface area is 79.9 Å². The molecule has 2 heteroatoms. The van der Waals surface area contributed by atoms with Gasteiger partial charge in [-0.1, -0.05) is 26.0 Å². The second kappa shape index (κ2) is 6.49. The van der Waals surface area contributed by atoms with Crippen LogP contribution in [0.3, 0.4) is 0 Å². The number of aliphatic hydroxyl groups is 1. The van der Waals surface area contributed by atoms with Gasteiger partial charge in [-0.2, -0.15) is 0 Å². The van der Waals surface area contributed by atoms with Crippen molar-refractivity contribution >= 4 is 0 Å². The van der Waals surface area contributed by atoms with Gasteiger partial charge in [0.15, 0.2) is 0 Å². The van der Waals surface area contributed by atoms with Crippen LogP contribution in [0.2, 0.25) is 0 Å². The Kier molecular flexibility index (Phi) is 5.98. The molecule has 1 aromatic rings. The first-order valence-corrected chi connectivity index (χ1v) is 4.63. The van der Waals surface area contributed by atoms with E-state index in [0.29, 0.717) is 12.2 Å². The standard InChI is InChI=1S/C9H12O2.C2H6/c1-7-6-8(4-5-10)2-3-9(7)11;1-2/h2-3,6,10-11H,4-5H2,1H3;1-2H3. The van der Waals surface area contributed by atoms with E-state index in [9.17, 15) is 0 Å². The smallest absolute Gasteiger partial charge is 0.118 e. The van der Waals surface area contributed by atoms with Crippen LogP contribution in [0.4, 0.5) is 0 Å². The summed E-state index contributed by atoms with van der Waals surface area (Å²) in [6, 6.07) is 5.35. The molecule has 0 saturated carbocycles. The summed E-state index contributed by atoms with van der Waals surface area (Å²) in [5.74, 6) is 0.312. The fourth-order valence-corrected chi connectivity index (χ4v) is 1.00. The van der Waals surface area contributed by atoms with Crippen LogP contribution in [0.5, 0.6) is 5.75 Å². The number of phenolic OH excluding ortho intramolecular Hbond substituents is 1. The molecular formula is C11H18O2. The molecular weight excluding hydrogens is 164 g/mol. The van der Waals surface area contributed by atoms with Gasteiger partial charge in [-0.15, -0.1) is 0 Å². The van der Waals surface area contributed by atoms with Crippen molar-refractivity contribution in [2.45, 2.75) is 27.2 Å². The fraction of sp³-hybridized carbons (Fsp3) is 0.455. The summed E-state index contributed by atoms with van der Waals surface area (Å²) < 4.78 is 0. The Morgan fingerprint density at radius 1 is 1.23 bits per heavy atom. The lowest BCUT2D eigenvalue weighted by molar-refractivity contribution is 0.299. The first-order chi connectivity index (χ1) is 6.24. The van der Waals surface area contributed by atoms with Crippen molar-refractivity contribution in [2.75, 3.05) is 6.61 Å². The predicted molar refractivity (Wildman–Crippen MR) is 55.0 cm³/mol. The highest BCUT2D eigenvalue weighted by molar-refractivity contribution is 5.34. The lowest BCUT2D eigenvalue weighted by Crippen LogP contribution is -1.90. The van der Waals surface area contributed by atoms with Crippen LogP contribution in [0.25, 0.3) is 0 Å². The molecule has 0 bridgehead atoms. The second-order valence-corrected chi connectivity index (χ2v) is 2.59. The van der Waals surface area contributed by atoms with Gasteiger partial charge in [0.2, 0.25) is 0 Å². The maximum atomic E-state index is 9.15. The number of aliphatic hydroxyl groups excluding tert-OH is 1. The summed E-state index contributed by atoms with van der Waals surface area (Å²) >= 11 is 0. The summed E-state index contributed by atoms with van der Waals surface area (Å²) in [5.41, 5.74) is 1.92. The zero-order valence-electron chi connectivity index (χ0n) is 8.54. The van der Waals surface area contributed by atoms with Gasteiger partial charge in [-0.3, -0.25) is 0 Å². The summed E-state index contributed by atoms with van der Waals surface area (Å²) in [7, 11) is 0. The SMILES string of the molecule is CC.Cc1cc(CCO)ccc1O. The van der Waals surface area contributed by atoms with Crippen molar-refractivity contribution in [1.82, 2.24) is 0 Å². The van der Waals surface area contributed by atoms with Crippen molar-refractivity contribution in [2.24, 2.45) is 0 Å². The van der Waals surface area contributed by atoms with Gasteiger partial charge in [0.1, 0.15) is 5.75 Å². The molecule has 0 saturated heterocycles. The zero-order valence-corrected chi connectivity index (χ0v) is 8.54. The van der Waals surface area contributed by atoms with Crippen LogP contribution in [-0.4, -0.2) is 16.8 Å². The van der Waals surface area contributed by atoms with Crippen LogP contribution >= 0.6 is 0 Å². The molecule has 0 radical (unpaired) electrons. The Balaban J connectivity index is 0.000000671. The third kappa shape index (κ3) is 3.95. The Morgan fingerprint density at radius 3 is 2.31 bits per heavy atom. The molecule has 1 rings (SSSR count). The van der Waals surface area contributed by atoms with E-state index in [4.69, 9.17) is 10.2 Å². The molecule has 2 N–H and O–H groups in total. The number of aromatic hydroxyl groups is 1. The largest absolute Gasteiger partial charge is 0.508 e. The molecule has 0 aromatic heterocycles.